The Morgan fingerprint density at radius 3 is 2.15 bits per heavy atom. The molecule has 0 aliphatic carbocycles. The molecule has 2 heterocycles. The molecule has 0 bridgehead atoms. The molecule has 200 valence electrons. The lowest BCUT2D eigenvalue weighted by atomic mass is 9.98. The highest BCUT2D eigenvalue weighted by Gasteiger charge is 2.32. The first kappa shape index (κ1) is 25.8. The Morgan fingerprint density at radius 2 is 1.49 bits per heavy atom. The van der Waals surface area contributed by atoms with E-state index >= 15 is 0 Å². The molecule has 0 radical (unpaired) electrons. The highest BCUT2D eigenvalue weighted by Crippen LogP contribution is 2.33. The van der Waals surface area contributed by atoms with Crippen molar-refractivity contribution in [2.24, 2.45) is 5.10 Å². The summed E-state index contributed by atoms with van der Waals surface area (Å²) >= 11 is 0. The number of hydrogen-bond acceptors (Lipinski definition) is 4. The molecule has 41 heavy (non-hydrogen) atoms. The van der Waals surface area contributed by atoms with Crippen molar-refractivity contribution in [2.75, 3.05) is 11.6 Å². The van der Waals surface area contributed by atoms with Gasteiger partial charge in [0.1, 0.15) is 18.1 Å². The lowest BCUT2D eigenvalue weighted by Crippen LogP contribution is -2.21. The summed E-state index contributed by atoms with van der Waals surface area (Å²) < 4.78 is 7.64. The van der Waals surface area contributed by atoms with Gasteiger partial charge in [-0.2, -0.15) is 15.2 Å². The summed E-state index contributed by atoms with van der Waals surface area (Å²) in [5.41, 5.74) is 7.05. The number of aromatic nitrogens is 2. The number of amides is 1. The van der Waals surface area contributed by atoms with Gasteiger partial charge in [0.2, 0.25) is 0 Å². The van der Waals surface area contributed by atoms with E-state index in [1.54, 1.807) is 6.08 Å². The van der Waals surface area contributed by atoms with Crippen LogP contribution in [0, 0.1) is 6.92 Å². The van der Waals surface area contributed by atoms with E-state index in [1.807, 2.05) is 127 Å². The quantitative estimate of drug-likeness (QED) is 0.155. The van der Waals surface area contributed by atoms with E-state index in [4.69, 9.17) is 14.9 Å². The summed E-state index contributed by atoms with van der Waals surface area (Å²) in [5.74, 6) is 0.594. The molecule has 0 N–H and O–H groups in total. The fourth-order valence-corrected chi connectivity index (χ4v) is 4.79. The van der Waals surface area contributed by atoms with Crippen LogP contribution in [0.15, 0.2) is 139 Å². The minimum atomic E-state index is -0.196. The molecule has 0 unspecified atom stereocenters. The average Bonchev–Trinajstić information content (AvgIpc) is 3.59. The zero-order valence-corrected chi connectivity index (χ0v) is 22.6. The molecule has 6 heteroatoms. The van der Waals surface area contributed by atoms with Crippen LogP contribution in [-0.2, 0) is 4.79 Å². The van der Waals surface area contributed by atoms with Crippen molar-refractivity contribution in [2.45, 2.75) is 6.92 Å². The van der Waals surface area contributed by atoms with Crippen molar-refractivity contribution < 1.29 is 9.53 Å². The standard InChI is InChI=1S/C35H28N4O2/c1-3-21-41-32-20-19-27(22-25(32)2)33-28(24-38(36-33)29-15-9-5-10-16-29)23-31-34(26-13-7-4-8-14-26)37-39(35(31)40)30-17-11-6-12-18-30/h3-20,22-24H,1,21H2,2H3. The van der Waals surface area contributed by atoms with Gasteiger partial charge in [0.15, 0.2) is 0 Å². The number of hydrogen-bond donors (Lipinski definition) is 0. The number of hydrazone groups is 1. The Kier molecular flexibility index (Phi) is 7.11. The van der Waals surface area contributed by atoms with Gasteiger partial charge in [0.25, 0.3) is 5.91 Å². The number of anilines is 1. The van der Waals surface area contributed by atoms with E-state index in [1.165, 1.54) is 5.01 Å². The van der Waals surface area contributed by atoms with Gasteiger partial charge < -0.3 is 4.74 Å². The Labute approximate surface area is 239 Å². The molecular weight excluding hydrogens is 508 g/mol. The second kappa shape index (κ2) is 11.3. The van der Waals surface area contributed by atoms with Crippen molar-refractivity contribution in [3.8, 4) is 22.7 Å². The summed E-state index contributed by atoms with van der Waals surface area (Å²) in [6, 6.07) is 35.2. The average molecular weight is 537 g/mol. The second-order valence-corrected chi connectivity index (χ2v) is 9.62. The summed E-state index contributed by atoms with van der Waals surface area (Å²) in [5, 5.41) is 11.2. The van der Waals surface area contributed by atoms with Crippen molar-refractivity contribution in [1.82, 2.24) is 9.78 Å². The van der Waals surface area contributed by atoms with Gasteiger partial charge in [-0.05, 0) is 61.0 Å². The summed E-state index contributed by atoms with van der Waals surface area (Å²) in [7, 11) is 0. The summed E-state index contributed by atoms with van der Waals surface area (Å²) in [6.07, 6.45) is 5.58. The maximum Gasteiger partial charge on any atom is 0.281 e. The highest BCUT2D eigenvalue weighted by atomic mass is 16.5. The maximum absolute atomic E-state index is 13.9. The second-order valence-electron chi connectivity index (χ2n) is 9.62. The number of aryl methyl sites for hydroxylation is 1. The van der Waals surface area contributed by atoms with Crippen LogP contribution in [0.1, 0.15) is 16.7 Å². The van der Waals surface area contributed by atoms with Crippen LogP contribution in [0.5, 0.6) is 5.75 Å². The normalized spacial score (nSPS) is 13.9. The maximum atomic E-state index is 13.9. The predicted molar refractivity (Wildman–Crippen MR) is 164 cm³/mol. The number of nitrogens with zero attached hydrogens (tertiary/aromatic N) is 4. The molecule has 0 atom stereocenters. The van der Waals surface area contributed by atoms with Crippen LogP contribution in [0.3, 0.4) is 0 Å². The van der Waals surface area contributed by atoms with Crippen LogP contribution in [-0.4, -0.2) is 28.0 Å². The van der Waals surface area contributed by atoms with Crippen LogP contribution in [0.2, 0.25) is 0 Å². The first-order chi connectivity index (χ1) is 20.1. The fraction of sp³-hybridized carbons (Fsp3) is 0.0571. The van der Waals surface area contributed by atoms with E-state index in [0.717, 1.165) is 39.4 Å². The molecule has 1 aliphatic heterocycles. The van der Waals surface area contributed by atoms with Gasteiger partial charge in [-0.25, -0.2) is 4.68 Å². The molecule has 4 aromatic carbocycles. The first-order valence-electron chi connectivity index (χ1n) is 13.4. The monoisotopic (exact) mass is 536 g/mol. The van der Waals surface area contributed by atoms with E-state index in [-0.39, 0.29) is 5.91 Å². The third-order valence-electron chi connectivity index (χ3n) is 6.79. The number of rotatable bonds is 8. The first-order valence-corrected chi connectivity index (χ1v) is 13.4. The number of benzene rings is 4. The van der Waals surface area contributed by atoms with Crippen molar-refractivity contribution in [1.29, 1.82) is 0 Å². The topological polar surface area (TPSA) is 59.7 Å². The number of carbonyl (C=O) groups is 1. The number of ether oxygens (including phenoxy) is 1. The molecule has 0 saturated carbocycles. The minimum absolute atomic E-state index is 0.196. The molecule has 0 fully saturated rings. The van der Waals surface area contributed by atoms with Crippen molar-refractivity contribution >= 4 is 23.4 Å². The molecular formula is C35H28N4O2. The summed E-state index contributed by atoms with van der Waals surface area (Å²) in [4.78, 5) is 13.9. The fourth-order valence-electron chi connectivity index (χ4n) is 4.79. The van der Waals surface area contributed by atoms with Crippen molar-refractivity contribution in [3.05, 3.63) is 150 Å². The largest absolute Gasteiger partial charge is 0.489 e. The molecule has 1 aromatic heterocycles. The number of carbonyl (C=O) groups excluding carboxylic acids is 1. The Hall–Kier alpha value is -5.49. The van der Waals surface area contributed by atoms with E-state index < -0.39 is 0 Å². The van der Waals surface area contributed by atoms with Crippen molar-refractivity contribution in [3.63, 3.8) is 0 Å². The van der Waals surface area contributed by atoms with Crippen LogP contribution in [0.4, 0.5) is 5.69 Å². The van der Waals surface area contributed by atoms with E-state index in [2.05, 4.69) is 12.6 Å². The molecule has 0 spiro atoms. The zero-order valence-electron chi connectivity index (χ0n) is 22.6. The smallest absolute Gasteiger partial charge is 0.281 e. The summed E-state index contributed by atoms with van der Waals surface area (Å²) in [6.45, 7) is 6.18. The number of para-hydroxylation sites is 2. The lowest BCUT2D eigenvalue weighted by molar-refractivity contribution is -0.114. The molecule has 1 amide bonds. The third kappa shape index (κ3) is 5.23. The van der Waals surface area contributed by atoms with Crippen LogP contribution < -0.4 is 9.75 Å². The molecule has 6 nitrogen and oxygen atoms in total. The zero-order chi connectivity index (χ0) is 28.2. The van der Waals surface area contributed by atoms with Crippen LogP contribution >= 0.6 is 0 Å². The molecule has 6 rings (SSSR count). The van der Waals surface area contributed by atoms with E-state index in [9.17, 15) is 4.79 Å². The SMILES string of the molecule is C=CCOc1ccc(-c2nn(-c3ccccc3)cc2C=C2C(=O)N(c3ccccc3)N=C2c2ccccc2)cc1C. The van der Waals surface area contributed by atoms with Gasteiger partial charge in [0.05, 0.1) is 22.6 Å². The third-order valence-corrected chi connectivity index (χ3v) is 6.79. The van der Waals surface area contributed by atoms with Crippen LogP contribution in [0.25, 0.3) is 23.0 Å². The molecule has 1 aliphatic rings. The van der Waals surface area contributed by atoms with Gasteiger partial charge in [-0.1, -0.05) is 79.4 Å². The molecule has 5 aromatic rings. The minimum Gasteiger partial charge on any atom is -0.489 e. The lowest BCUT2D eigenvalue weighted by Gasteiger charge is -2.11. The highest BCUT2D eigenvalue weighted by molar-refractivity contribution is 6.37. The van der Waals surface area contributed by atoms with Gasteiger partial charge >= 0.3 is 0 Å². The Morgan fingerprint density at radius 1 is 0.829 bits per heavy atom. The molecule has 0 saturated heterocycles. The van der Waals surface area contributed by atoms with E-state index in [0.29, 0.717) is 23.6 Å². The predicted octanol–water partition coefficient (Wildman–Crippen LogP) is 7.25. The van der Waals surface area contributed by atoms with Gasteiger partial charge in [0, 0.05) is 22.9 Å². The Balaban J connectivity index is 1.50. The van der Waals surface area contributed by atoms with Gasteiger partial charge in [-0.3, -0.25) is 4.79 Å². The van der Waals surface area contributed by atoms with Gasteiger partial charge in [-0.15, -0.1) is 0 Å². The Bertz CT molecular complexity index is 1770.